The van der Waals surface area contributed by atoms with Gasteiger partial charge >= 0.3 is 0 Å². The van der Waals surface area contributed by atoms with E-state index in [-0.39, 0.29) is 18.1 Å². The van der Waals surface area contributed by atoms with Crippen molar-refractivity contribution in [2.75, 3.05) is 5.32 Å². The van der Waals surface area contributed by atoms with Crippen molar-refractivity contribution in [2.45, 2.75) is 17.9 Å². The number of para-hydroxylation sites is 1. The lowest BCUT2D eigenvalue weighted by molar-refractivity contribution is -0.115. The van der Waals surface area contributed by atoms with Gasteiger partial charge in [0.1, 0.15) is 11.6 Å². The van der Waals surface area contributed by atoms with Crippen molar-refractivity contribution >= 4 is 23.5 Å². The maximum Gasteiger partial charge on any atom is 0.229 e. The molecule has 1 aromatic heterocycles. The number of anilines is 1. The molecule has 4 rings (SSSR count). The van der Waals surface area contributed by atoms with Gasteiger partial charge in [0.15, 0.2) is 0 Å². The zero-order chi connectivity index (χ0) is 17.2. The van der Waals surface area contributed by atoms with Crippen LogP contribution in [-0.2, 0) is 22.7 Å². The Morgan fingerprint density at radius 3 is 2.64 bits per heavy atom. The first-order chi connectivity index (χ1) is 12.2. The number of amides is 1. The average Bonchev–Trinajstić information content (AvgIpc) is 3.20. The number of benzene rings is 2. The Labute approximate surface area is 149 Å². The molecular formula is C19H16FN3OS. The van der Waals surface area contributed by atoms with Gasteiger partial charge in [0, 0.05) is 17.1 Å². The quantitative estimate of drug-likeness (QED) is 0.773. The first kappa shape index (κ1) is 15.9. The Hall–Kier alpha value is -2.60. The van der Waals surface area contributed by atoms with Crippen molar-refractivity contribution in [1.82, 2.24) is 9.78 Å². The number of carbonyl (C=O) groups is 1. The Kier molecular flexibility index (Phi) is 4.28. The summed E-state index contributed by atoms with van der Waals surface area (Å²) < 4.78 is 14.8. The zero-order valence-corrected chi connectivity index (χ0v) is 14.2. The standard InChI is InChI=1S/C19H16FN3OS/c20-14-8-6-13(7-9-14)10-18(24)21-19-16-11-25-12-17(16)22-23(19)15-4-2-1-3-5-15/h1-9H,10-12H2,(H,21,24). The zero-order valence-electron chi connectivity index (χ0n) is 13.4. The number of nitrogens with one attached hydrogen (secondary N) is 1. The second-order valence-electron chi connectivity index (χ2n) is 5.87. The molecule has 1 aliphatic rings. The first-order valence-electron chi connectivity index (χ1n) is 7.99. The Morgan fingerprint density at radius 2 is 1.88 bits per heavy atom. The summed E-state index contributed by atoms with van der Waals surface area (Å²) in [4.78, 5) is 12.5. The highest BCUT2D eigenvalue weighted by molar-refractivity contribution is 7.98. The van der Waals surface area contributed by atoms with Crippen molar-refractivity contribution < 1.29 is 9.18 Å². The summed E-state index contributed by atoms with van der Waals surface area (Å²) >= 11 is 1.79. The predicted molar refractivity (Wildman–Crippen MR) is 97.3 cm³/mol. The Bertz CT molecular complexity index is 906. The summed E-state index contributed by atoms with van der Waals surface area (Å²) in [5.74, 6) is 1.99. The van der Waals surface area contributed by atoms with E-state index in [0.29, 0.717) is 0 Å². The van der Waals surface area contributed by atoms with Crippen LogP contribution in [0.5, 0.6) is 0 Å². The molecule has 4 nitrogen and oxygen atoms in total. The maximum atomic E-state index is 13.0. The molecule has 0 atom stereocenters. The molecule has 25 heavy (non-hydrogen) atoms. The van der Waals surface area contributed by atoms with Crippen molar-refractivity contribution in [3.63, 3.8) is 0 Å². The van der Waals surface area contributed by atoms with Crippen LogP contribution in [0.3, 0.4) is 0 Å². The van der Waals surface area contributed by atoms with Gasteiger partial charge in [-0.1, -0.05) is 30.3 Å². The topological polar surface area (TPSA) is 46.9 Å². The van der Waals surface area contributed by atoms with E-state index < -0.39 is 0 Å². The van der Waals surface area contributed by atoms with Gasteiger partial charge < -0.3 is 5.32 Å². The molecule has 0 aliphatic carbocycles. The van der Waals surface area contributed by atoms with Gasteiger partial charge in [-0.2, -0.15) is 16.9 Å². The molecule has 0 radical (unpaired) electrons. The van der Waals surface area contributed by atoms with Crippen LogP contribution in [-0.4, -0.2) is 15.7 Å². The van der Waals surface area contributed by atoms with Crippen LogP contribution in [0.2, 0.25) is 0 Å². The minimum atomic E-state index is -0.304. The third-order valence-electron chi connectivity index (χ3n) is 4.09. The fourth-order valence-corrected chi connectivity index (χ4v) is 3.90. The van der Waals surface area contributed by atoms with Gasteiger partial charge in [-0.3, -0.25) is 4.79 Å². The number of aromatic nitrogens is 2. The van der Waals surface area contributed by atoms with Gasteiger partial charge in [0.2, 0.25) is 5.91 Å². The summed E-state index contributed by atoms with van der Waals surface area (Å²) in [6, 6.07) is 15.8. The number of nitrogens with zero attached hydrogens (tertiary/aromatic N) is 2. The third-order valence-corrected chi connectivity index (χ3v) is 5.06. The minimum Gasteiger partial charge on any atom is -0.310 e. The van der Waals surface area contributed by atoms with Gasteiger partial charge in [0.05, 0.1) is 17.8 Å². The molecule has 0 spiro atoms. The SMILES string of the molecule is O=C(Cc1ccc(F)cc1)Nc1c2c(nn1-c1ccccc1)CSC2. The number of hydrogen-bond acceptors (Lipinski definition) is 3. The van der Waals surface area contributed by atoms with E-state index in [2.05, 4.69) is 10.4 Å². The molecule has 1 amide bonds. The van der Waals surface area contributed by atoms with E-state index >= 15 is 0 Å². The molecule has 0 unspecified atom stereocenters. The summed E-state index contributed by atoms with van der Waals surface area (Å²) in [5.41, 5.74) is 3.79. The molecule has 1 N–H and O–H groups in total. The monoisotopic (exact) mass is 353 g/mol. The van der Waals surface area contributed by atoms with Crippen LogP contribution in [0.25, 0.3) is 5.69 Å². The van der Waals surface area contributed by atoms with Gasteiger partial charge in [0.25, 0.3) is 0 Å². The second kappa shape index (κ2) is 6.72. The number of hydrogen-bond donors (Lipinski definition) is 1. The summed E-state index contributed by atoms with van der Waals surface area (Å²) in [6.45, 7) is 0. The highest BCUT2D eigenvalue weighted by atomic mass is 32.2. The van der Waals surface area contributed by atoms with Crippen molar-refractivity contribution in [3.8, 4) is 5.69 Å². The summed E-state index contributed by atoms with van der Waals surface area (Å²) in [6.07, 6.45) is 0.197. The molecule has 3 aromatic rings. The van der Waals surface area contributed by atoms with Crippen molar-refractivity contribution in [3.05, 3.63) is 77.2 Å². The number of fused-ring (bicyclic) bond motifs is 1. The minimum absolute atomic E-state index is 0.136. The molecule has 0 saturated heterocycles. The lowest BCUT2D eigenvalue weighted by Gasteiger charge is -2.11. The number of halogens is 1. The number of thioether (sulfide) groups is 1. The normalized spacial score (nSPS) is 12.8. The molecule has 0 fully saturated rings. The number of carbonyl (C=O) groups excluding carboxylic acids is 1. The van der Waals surface area contributed by atoms with E-state index in [0.717, 1.165) is 39.8 Å². The van der Waals surface area contributed by atoms with Crippen LogP contribution in [0.15, 0.2) is 54.6 Å². The molecule has 2 heterocycles. The van der Waals surface area contributed by atoms with E-state index in [1.54, 1.807) is 28.6 Å². The maximum absolute atomic E-state index is 13.0. The fourth-order valence-electron chi connectivity index (χ4n) is 2.86. The molecule has 1 aliphatic heterocycles. The van der Waals surface area contributed by atoms with E-state index in [9.17, 15) is 9.18 Å². The molecule has 0 bridgehead atoms. The molecule has 0 saturated carbocycles. The second-order valence-corrected chi connectivity index (χ2v) is 6.85. The highest BCUT2D eigenvalue weighted by Gasteiger charge is 2.24. The van der Waals surface area contributed by atoms with Crippen molar-refractivity contribution in [1.29, 1.82) is 0 Å². The lowest BCUT2D eigenvalue weighted by atomic mass is 10.1. The van der Waals surface area contributed by atoms with E-state index in [1.165, 1.54) is 12.1 Å². The lowest BCUT2D eigenvalue weighted by Crippen LogP contribution is -2.18. The van der Waals surface area contributed by atoms with Crippen LogP contribution >= 0.6 is 11.8 Å². The van der Waals surface area contributed by atoms with Crippen LogP contribution in [0.1, 0.15) is 16.8 Å². The fraction of sp³-hybridized carbons (Fsp3) is 0.158. The molecule has 6 heteroatoms. The summed E-state index contributed by atoms with van der Waals surface area (Å²) in [5, 5.41) is 7.67. The van der Waals surface area contributed by atoms with Gasteiger partial charge in [-0.25, -0.2) is 9.07 Å². The van der Waals surface area contributed by atoms with Crippen LogP contribution < -0.4 is 5.32 Å². The molecule has 126 valence electrons. The molecule has 2 aromatic carbocycles. The predicted octanol–water partition coefficient (Wildman–Crippen LogP) is 3.94. The van der Waals surface area contributed by atoms with Gasteiger partial charge in [-0.15, -0.1) is 0 Å². The highest BCUT2D eigenvalue weighted by Crippen LogP contribution is 2.36. The summed E-state index contributed by atoms with van der Waals surface area (Å²) in [7, 11) is 0. The smallest absolute Gasteiger partial charge is 0.229 e. The van der Waals surface area contributed by atoms with Crippen LogP contribution in [0, 0.1) is 5.82 Å². The Balaban J connectivity index is 1.61. The van der Waals surface area contributed by atoms with Crippen molar-refractivity contribution in [2.24, 2.45) is 0 Å². The van der Waals surface area contributed by atoms with E-state index in [1.807, 2.05) is 30.3 Å². The van der Waals surface area contributed by atoms with Crippen LogP contribution in [0.4, 0.5) is 10.2 Å². The van der Waals surface area contributed by atoms with E-state index in [4.69, 9.17) is 0 Å². The van der Waals surface area contributed by atoms with Gasteiger partial charge in [-0.05, 0) is 29.8 Å². The average molecular weight is 353 g/mol. The Morgan fingerprint density at radius 1 is 1.12 bits per heavy atom. The first-order valence-corrected chi connectivity index (χ1v) is 9.14. The molecular weight excluding hydrogens is 337 g/mol. The third kappa shape index (κ3) is 3.30. The number of rotatable bonds is 4. The largest absolute Gasteiger partial charge is 0.310 e.